The second-order valence-electron chi connectivity index (χ2n) is 10.7. The first-order chi connectivity index (χ1) is 19.6. The molecule has 0 saturated carbocycles. The molecule has 5 aromatic carbocycles. The zero-order valence-corrected chi connectivity index (χ0v) is 23.1. The zero-order chi connectivity index (χ0) is 27.5. The van der Waals surface area contributed by atoms with Crippen LogP contribution in [0, 0.1) is 0 Å². The van der Waals surface area contributed by atoms with Crippen molar-refractivity contribution in [1.82, 2.24) is 0 Å². The molecule has 0 heterocycles. The fourth-order valence-corrected chi connectivity index (χ4v) is 5.75. The molecule has 1 nitrogen and oxygen atoms in total. The highest BCUT2D eigenvalue weighted by atomic mass is 15.1. The van der Waals surface area contributed by atoms with Crippen molar-refractivity contribution < 1.29 is 0 Å². The van der Waals surface area contributed by atoms with Gasteiger partial charge >= 0.3 is 0 Å². The highest BCUT2D eigenvalue weighted by molar-refractivity contribution is 5.84. The van der Waals surface area contributed by atoms with Crippen molar-refractivity contribution in [3.63, 3.8) is 0 Å². The van der Waals surface area contributed by atoms with Crippen molar-refractivity contribution in [2.75, 3.05) is 4.90 Å². The lowest BCUT2D eigenvalue weighted by Crippen LogP contribution is -2.16. The maximum Gasteiger partial charge on any atom is 0.0458 e. The van der Waals surface area contributed by atoms with Crippen molar-refractivity contribution in [3.8, 4) is 22.3 Å². The monoisotopic (exact) mass is 515 g/mol. The molecule has 194 valence electrons. The van der Waals surface area contributed by atoms with Gasteiger partial charge in [0.05, 0.1) is 0 Å². The quantitative estimate of drug-likeness (QED) is 0.195. The number of rotatable bonds is 7. The van der Waals surface area contributed by atoms with E-state index in [1.807, 2.05) is 12.1 Å². The van der Waals surface area contributed by atoms with Crippen LogP contribution in [0.15, 0.2) is 158 Å². The number of nitrogens with zero attached hydrogens (tertiary/aromatic N) is 1. The van der Waals surface area contributed by atoms with Crippen LogP contribution in [-0.4, -0.2) is 0 Å². The van der Waals surface area contributed by atoms with Gasteiger partial charge in [-0.25, -0.2) is 0 Å². The van der Waals surface area contributed by atoms with Crippen LogP contribution in [0.4, 0.5) is 11.4 Å². The Morgan fingerprint density at radius 2 is 1.23 bits per heavy atom. The van der Waals surface area contributed by atoms with Gasteiger partial charge in [-0.05, 0) is 74.9 Å². The highest BCUT2D eigenvalue weighted by Crippen LogP contribution is 2.49. The van der Waals surface area contributed by atoms with Gasteiger partial charge < -0.3 is 4.90 Å². The summed E-state index contributed by atoms with van der Waals surface area (Å²) in [4.78, 5) is 2.27. The molecule has 0 aliphatic heterocycles. The molecule has 1 aliphatic rings. The summed E-state index contributed by atoms with van der Waals surface area (Å²) in [7, 11) is 0. The Morgan fingerprint density at radius 1 is 0.625 bits per heavy atom. The smallest absolute Gasteiger partial charge is 0.0458 e. The lowest BCUT2D eigenvalue weighted by Gasteiger charge is -2.25. The highest BCUT2D eigenvalue weighted by Gasteiger charge is 2.35. The fraction of sp³-hybridized carbons (Fsp3) is 0.0769. The van der Waals surface area contributed by atoms with E-state index in [2.05, 4.69) is 165 Å². The van der Waals surface area contributed by atoms with Gasteiger partial charge in [-0.1, -0.05) is 136 Å². The number of benzene rings is 5. The van der Waals surface area contributed by atoms with Gasteiger partial charge in [-0.15, -0.1) is 0 Å². The second kappa shape index (κ2) is 10.7. The van der Waals surface area contributed by atoms with Crippen molar-refractivity contribution in [2.45, 2.75) is 19.3 Å². The van der Waals surface area contributed by atoms with Gasteiger partial charge in [0.2, 0.25) is 0 Å². The van der Waals surface area contributed by atoms with E-state index >= 15 is 0 Å². The van der Waals surface area contributed by atoms with E-state index in [0.717, 1.165) is 22.5 Å². The van der Waals surface area contributed by atoms with Crippen LogP contribution >= 0.6 is 0 Å². The summed E-state index contributed by atoms with van der Waals surface area (Å²) in [5.41, 5.74) is 12.3. The lowest BCUT2D eigenvalue weighted by atomic mass is 9.82. The van der Waals surface area contributed by atoms with E-state index in [1.54, 1.807) is 0 Å². The standard InChI is InChI=1S/C39H33N/c1-4-29(30-14-7-5-8-15-30)18-13-27-40(33-23-21-32(22-24-33)31-16-9-6-10-17-31)34-25-26-36-35-19-11-12-20-37(35)39(2,3)38(36)28-34/h4-28H,1H2,2-3H3/b27-13+,29-18+. The third kappa shape index (κ3) is 4.72. The van der Waals surface area contributed by atoms with Gasteiger partial charge in [0.1, 0.15) is 0 Å². The van der Waals surface area contributed by atoms with Crippen LogP contribution in [0.3, 0.4) is 0 Å². The maximum atomic E-state index is 4.05. The zero-order valence-electron chi connectivity index (χ0n) is 23.1. The minimum absolute atomic E-state index is 0.0578. The lowest BCUT2D eigenvalue weighted by molar-refractivity contribution is 0.660. The summed E-state index contributed by atoms with van der Waals surface area (Å²) in [6.45, 7) is 8.71. The van der Waals surface area contributed by atoms with Gasteiger partial charge in [0.25, 0.3) is 0 Å². The van der Waals surface area contributed by atoms with E-state index in [1.165, 1.54) is 33.4 Å². The summed E-state index contributed by atoms with van der Waals surface area (Å²) < 4.78 is 0. The van der Waals surface area contributed by atoms with Gasteiger partial charge in [-0.3, -0.25) is 0 Å². The van der Waals surface area contributed by atoms with E-state index in [0.29, 0.717) is 0 Å². The molecule has 0 spiro atoms. The van der Waals surface area contributed by atoms with E-state index < -0.39 is 0 Å². The first-order valence-corrected chi connectivity index (χ1v) is 13.8. The normalized spacial score (nSPS) is 13.6. The molecule has 0 fully saturated rings. The van der Waals surface area contributed by atoms with Gasteiger partial charge in [-0.2, -0.15) is 0 Å². The summed E-state index contributed by atoms with van der Waals surface area (Å²) in [5, 5.41) is 0. The van der Waals surface area contributed by atoms with Crippen molar-refractivity contribution in [3.05, 3.63) is 175 Å². The average molecular weight is 516 g/mol. The molecule has 5 aromatic rings. The van der Waals surface area contributed by atoms with Crippen LogP contribution < -0.4 is 4.90 Å². The molecule has 0 saturated heterocycles. The molecular weight excluding hydrogens is 482 g/mol. The van der Waals surface area contributed by atoms with Crippen molar-refractivity contribution >= 4 is 16.9 Å². The predicted octanol–water partition coefficient (Wildman–Crippen LogP) is 10.6. The van der Waals surface area contributed by atoms with Gasteiger partial charge in [0, 0.05) is 23.0 Å². The Kier molecular flexibility index (Phi) is 6.80. The molecule has 1 aliphatic carbocycles. The summed E-state index contributed by atoms with van der Waals surface area (Å²) in [6, 6.07) is 45.4. The first-order valence-electron chi connectivity index (χ1n) is 13.8. The number of fused-ring (bicyclic) bond motifs is 3. The molecule has 0 atom stereocenters. The summed E-state index contributed by atoms with van der Waals surface area (Å²) >= 11 is 0. The first kappa shape index (κ1) is 25.4. The molecule has 0 N–H and O–H groups in total. The van der Waals surface area contributed by atoms with E-state index in [4.69, 9.17) is 0 Å². The van der Waals surface area contributed by atoms with Crippen LogP contribution in [0.5, 0.6) is 0 Å². The predicted molar refractivity (Wildman–Crippen MR) is 172 cm³/mol. The second-order valence-corrected chi connectivity index (χ2v) is 10.7. The third-order valence-corrected chi connectivity index (χ3v) is 7.94. The minimum atomic E-state index is -0.0578. The van der Waals surface area contributed by atoms with Crippen LogP contribution in [0.1, 0.15) is 30.5 Å². The topological polar surface area (TPSA) is 3.24 Å². The molecule has 0 radical (unpaired) electrons. The van der Waals surface area contributed by atoms with E-state index in [-0.39, 0.29) is 5.41 Å². The number of hydrogen-bond acceptors (Lipinski definition) is 1. The Balaban J connectivity index is 1.42. The van der Waals surface area contributed by atoms with Gasteiger partial charge in [0.15, 0.2) is 0 Å². The summed E-state index contributed by atoms with van der Waals surface area (Å²) in [5.74, 6) is 0. The van der Waals surface area contributed by atoms with E-state index in [9.17, 15) is 0 Å². The number of hydrogen-bond donors (Lipinski definition) is 0. The van der Waals surface area contributed by atoms with Crippen molar-refractivity contribution in [2.24, 2.45) is 0 Å². The largest absolute Gasteiger partial charge is 0.317 e. The number of allylic oxidation sites excluding steroid dienone is 4. The Morgan fingerprint density at radius 3 is 1.95 bits per heavy atom. The molecule has 0 amide bonds. The van der Waals surface area contributed by atoms with Crippen LogP contribution in [0.2, 0.25) is 0 Å². The third-order valence-electron chi connectivity index (χ3n) is 7.94. The SMILES string of the molecule is C=C/C(=C\C=C\N(c1ccc(-c2ccccc2)cc1)c1ccc2c(c1)C(C)(C)c1ccccc1-2)c1ccccc1. The Hall–Kier alpha value is -4.88. The molecule has 0 unspecified atom stereocenters. The maximum absolute atomic E-state index is 4.05. The van der Waals surface area contributed by atoms with Crippen LogP contribution in [0.25, 0.3) is 27.8 Å². The molecule has 1 heteroatoms. The molecule has 6 rings (SSSR count). The van der Waals surface area contributed by atoms with Crippen molar-refractivity contribution in [1.29, 1.82) is 0 Å². The fourth-order valence-electron chi connectivity index (χ4n) is 5.75. The molecule has 40 heavy (non-hydrogen) atoms. The average Bonchev–Trinajstić information content (AvgIpc) is 3.24. The number of anilines is 2. The molecule has 0 bridgehead atoms. The molecule has 0 aromatic heterocycles. The van der Waals surface area contributed by atoms with Crippen LogP contribution in [-0.2, 0) is 5.41 Å². The Bertz CT molecular complexity index is 1700. The Labute approximate surface area is 238 Å². The summed E-state index contributed by atoms with van der Waals surface area (Å²) in [6.07, 6.45) is 8.30. The minimum Gasteiger partial charge on any atom is -0.317 e. The molecular formula is C39H33N.